The van der Waals surface area contributed by atoms with E-state index in [-0.39, 0.29) is 11.3 Å². The van der Waals surface area contributed by atoms with Gasteiger partial charge in [0.05, 0.1) is 17.2 Å². The van der Waals surface area contributed by atoms with Crippen LogP contribution in [0.4, 0.5) is 28.0 Å². The maximum Gasteiger partial charge on any atom is 0.416 e. The molecule has 1 heterocycles. The summed E-state index contributed by atoms with van der Waals surface area (Å²) < 4.78 is 52.6. The molecule has 4 rings (SSSR count). The lowest BCUT2D eigenvalue weighted by atomic mass is 9.88. The zero-order valence-corrected chi connectivity index (χ0v) is 16.7. The second-order valence-corrected chi connectivity index (χ2v) is 7.40. The van der Waals surface area contributed by atoms with E-state index in [1.165, 1.54) is 29.2 Å². The van der Waals surface area contributed by atoms with Crippen molar-refractivity contribution in [1.82, 2.24) is 4.90 Å². The predicted molar refractivity (Wildman–Crippen MR) is 110 cm³/mol. The SMILES string of the molecule is N#Cc1cc(NC(=O)N2CCc3ccccc3[C@H]2c2ccc(C(F)(F)F)cc2)ccc1F. The minimum atomic E-state index is -4.46. The molecule has 4 nitrogen and oxygen atoms in total. The predicted octanol–water partition coefficient (Wildman–Crippen LogP) is 5.90. The molecule has 0 radical (unpaired) electrons. The number of carbonyl (C=O) groups is 1. The second kappa shape index (κ2) is 8.35. The Morgan fingerprint density at radius 1 is 1.06 bits per heavy atom. The van der Waals surface area contributed by atoms with Crippen molar-refractivity contribution < 1.29 is 22.4 Å². The third kappa shape index (κ3) is 4.14. The Labute approximate surface area is 181 Å². The summed E-state index contributed by atoms with van der Waals surface area (Å²) in [5, 5.41) is 11.7. The molecule has 0 unspecified atom stereocenters. The van der Waals surface area contributed by atoms with E-state index < -0.39 is 29.6 Å². The topological polar surface area (TPSA) is 56.1 Å². The van der Waals surface area contributed by atoms with Crippen molar-refractivity contribution in [3.05, 3.63) is 100 Å². The first-order valence-corrected chi connectivity index (χ1v) is 9.80. The lowest BCUT2D eigenvalue weighted by molar-refractivity contribution is -0.137. The number of alkyl halides is 3. The van der Waals surface area contributed by atoms with Gasteiger partial charge >= 0.3 is 12.2 Å². The molecule has 0 aliphatic carbocycles. The van der Waals surface area contributed by atoms with Crippen molar-refractivity contribution >= 4 is 11.7 Å². The fraction of sp³-hybridized carbons (Fsp3) is 0.167. The summed E-state index contributed by atoms with van der Waals surface area (Å²) in [4.78, 5) is 14.7. The zero-order valence-electron chi connectivity index (χ0n) is 16.7. The van der Waals surface area contributed by atoms with Crippen LogP contribution in [0.3, 0.4) is 0 Å². The van der Waals surface area contributed by atoms with E-state index in [1.807, 2.05) is 24.3 Å². The van der Waals surface area contributed by atoms with Gasteiger partial charge in [-0.15, -0.1) is 0 Å². The van der Waals surface area contributed by atoms with E-state index in [0.29, 0.717) is 18.5 Å². The summed E-state index contributed by atoms with van der Waals surface area (Å²) >= 11 is 0. The van der Waals surface area contributed by atoms with Crippen molar-refractivity contribution in [2.75, 3.05) is 11.9 Å². The van der Waals surface area contributed by atoms with Gasteiger partial charge in [0.2, 0.25) is 0 Å². The number of hydrogen-bond donors (Lipinski definition) is 1. The third-order valence-electron chi connectivity index (χ3n) is 5.44. The molecular weight excluding hydrogens is 422 g/mol. The minimum absolute atomic E-state index is 0.203. The number of urea groups is 1. The molecule has 32 heavy (non-hydrogen) atoms. The molecule has 1 atom stereocenters. The van der Waals surface area contributed by atoms with E-state index in [1.54, 1.807) is 6.07 Å². The van der Waals surface area contributed by atoms with Gasteiger partial charge in [0.1, 0.15) is 11.9 Å². The van der Waals surface area contributed by atoms with Gasteiger partial charge in [-0.3, -0.25) is 0 Å². The average molecular weight is 439 g/mol. The van der Waals surface area contributed by atoms with Crippen LogP contribution in [0.15, 0.2) is 66.7 Å². The lowest BCUT2D eigenvalue weighted by Gasteiger charge is -2.37. The Kier molecular flexibility index (Phi) is 5.57. The van der Waals surface area contributed by atoms with Gasteiger partial charge in [-0.1, -0.05) is 36.4 Å². The summed E-state index contributed by atoms with van der Waals surface area (Å²) in [7, 11) is 0. The molecule has 162 valence electrons. The van der Waals surface area contributed by atoms with Crippen molar-refractivity contribution in [2.45, 2.75) is 18.6 Å². The number of anilines is 1. The van der Waals surface area contributed by atoms with Gasteiger partial charge in [-0.25, -0.2) is 9.18 Å². The Hall–Kier alpha value is -3.86. The van der Waals surface area contributed by atoms with E-state index in [9.17, 15) is 22.4 Å². The van der Waals surface area contributed by atoms with Crippen LogP contribution in [0, 0.1) is 17.1 Å². The molecule has 0 spiro atoms. The quantitative estimate of drug-likeness (QED) is 0.506. The van der Waals surface area contributed by atoms with Gasteiger partial charge in [-0.05, 0) is 53.4 Å². The van der Waals surface area contributed by atoms with Crippen molar-refractivity contribution in [2.24, 2.45) is 0 Å². The molecule has 0 saturated heterocycles. The number of benzene rings is 3. The first-order valence-electron chi connectivity index (χ1n) is 9.80. The number of rotatable bonds is 2. The standard InChI is InChI=1S/C24H17F4N3O/c25-21-10-9-19(13-17(21)14-29)30-23(32)31-12-11-15-3-1-2-4-20(15)22(31)16-5-7-18(8-6-16)24(26,27)28/h1-10,13,22H,11-12H2,(H,30,32)/t22-/m1/s1. The number of carbonyl (C=O) groups excluding carboxylic acids is 1. The molecule has 1 aliphatic heterocycles. The van der Waals surface area contributed by atoms with E-state index in [0.717, 1.165) is 29.3 Å². The zero-order chi connectivity index (χ0) is 22.9. The highest BCUT2D eigenvalue weighted by Gasteiger charge is 2.34. The summed E-state index contributed by atoms with van der Waals surface area (Å²) in [5.74, 6) is -0.694. The largest absolute Gasteiger partial charge is 0.416 e. The van der Waals surface area contributed by atoms with Crippen molar-refractivity contribution in [3.8, 4) is 6.07 Å². The number of fused-ring (bicyclic) bond motifs is 1. The Morgan fingerprint density at radius 2 is 1.78 bits per heavy atom. The van der Waals surface area contributed by atoms with Crippen LogP contribution in [0.1, 0.15) is 33.9 Å². The first-order chi connectivity index (χ1) is 15.3. The number of nitrogens with zero attached hydrogens (tertiary/aromatic N) is 2. The van der Waals surface area contributed by atoms with Crippen molar-refractivity contribution in [3.63, 3.8) is 0 Å². The molecule has 0 saturated carbocycles. The van der Waals surface area contributed by atoms with Crippen LogP contribution < -0.4 is 5.32 Å². The molecular formula is C24H17F4N3O. The number of nitrogens with one attached hydrogen (secondary N) is 1. The number of nitriles is 1. The highest BCUT2D eigenvalue weighted by Crippen LogP contribution is 2.37. The van der Waals surface area contributed by atoms with Crippen LogP contribution in [-0.4, -0.2) is 17.5 Å². The Balaban J connectivity index is 1.69. The smallest absolute Gasteiger partial charge is 0.313 e. The van der Waals surface area contributed by atoms with Gasteiger partial charge in [-0.2, -0.15) is 18.4 Å². The van der Waals surface area contributed by atoms with Gasteiger partial charge < -0.3 is 10.2 Å². The molecule has 0 bridgehead atoms. The van der Waals surface area contributed by atoms with Crippen molar-refractivity contribution in [1.29, 1.82) is 5.26 Å². The molecule has 1 aliphatic rings. The third-order valence-corrected chi connectivity index (χ3v) is 5.44. The first kappa shape index (κ1) is 21.4. The summed E-state index contributed by atoms with van der Waals surface area (Å²) in [6.45, 7) is 0.334. The molecule has 2 amide bonds. The van der Waals surface area contributed by atoms with Gasteiger partial charge in [0.15, 0.2) is 0 Å². The molecule has 0 aromatic heterocycles. The van der Waals surface area contributed by atoms with Crippen LogP contribution in [0.5, 0.6) is 0 Å². The molecule has 3 aromatic carbocycles. The highest BCUT2D eigenvalue weighted by atomic mass is 19.4. The second-order valence-electron chi connectivity index (χ2n) is 7.40. The summed E-state index contributed by atoms with van der Waals surface area (Å²) in [6.07, 6.45) is -3.88. The fourth-order valence-electron chi connectivity index (χ4n) is 3.88. The van der Waals surface area contributed by atoms with Crippen LogP contribution in [0.2, 0.25) is 0 Å². The Bertz CT molecular complexity index is 1200. The molecule has 8 heteroatoms. The highest BCUT2D eigenvalue weighted by molar-refractivity contribution is 5.90. The fourth-order valence-corrected chi connectivity index (χ4v) is 3.88. The maximum absolute atomic E-state index is 13.6. The summed E-state index contributed by atoms with van der Waals surface area (Å²) in [6, 6.07) is 16.5. The lowest BCUT2D eigenvalue weighted by Crippen LogP contribution is -2.43. The number of amides is 2. The van der Waals surface area contributed by atoms with Crippen LogP contribution in [0.25, 0.3) is 0 Å². The summed E-state index contributed by atoms with van der Waals surface area (Å²) in [5.41, 5.74) is 1.65. The monoisotopic (exact) mass is 439 g/mol. The average Bonchev–Trinajstić information content (AvgIpc) is 2.79. The van der Waals surface area contributed by atoms with Crippen LogP contribution >= 0.6 is 0 Å². The molecule has 1 N–H and O–H groups in total. The van der Waals surface area contributed by atoms with Gasteiger partial charge in [0, 0.05) is 12.2 Å². The molecule has 0 fully saturated rings. The van der Waals surface area contributed by atoms with E-state index in [4.69, 9.17) is 5.26 Å². The molecule has 3 aromatic rings. The number of hydrogen-bond acceptors (Lipinski definition) is 2. The van der Waals surface area contributed by atoms with Crippen LogP contribution in [-0.2, 0) is 12.6 Å². The normalized spacial score (nSPS) is 15.6. The van der Waals surface area contributed by atoms with E-state index >= 15 is 0 Å². The Morgan fingerprint density at radius 3 is 2.47 bits per heavy atom. The minimum Gasteiger partial charge on any atom is -0.313 e. The van der Waals surface area contributed by atoms with Gasteiger partial charge in [0.25, 0.3) is 0 Å². The van der Waals surface area contributed by atoms with E-state index in [2.05, 4.69) is 5.32 Å². The maximum atomic E-state index is 13.6. The number of halogens is 4.